The molecular weight excluding hydrogens is 803 g/mol. The van der Waals surface area contributed by atoms with Crippen LogP contribution in [0.3, 0.4) is 0 Å². The maximum atomic E-state index is 15.6. The van der Waals surface area contributed by atoms with Crippen LogP contribution in [-0.4, -0.2) is 66.4 Å². The third-order valence-electron chi connectivity index (χ3n) is 11.4. The van der Waals surface area contributed by atoms with Crippen LogP contribution in [0.4, 0.5) is 5.69 Å². The molecule has 12 nitrogen and oxygen atoms in total. The van der Waals surface area contributed by atoms with Crippen LogP contribution in [-0.2, 0) is 20.1 Å². The van der Waals surface area contributed by atoms with Gasteiger partial charge in [0.05, 0.1) is 41.2 Å². The summed E-state index contributed by atoms with van der Waals surface area (Å²) in [6.07, 6.45) is 2.74. The first-order valence-electron chi connectivity index (χ1n) is 19.6. The number of pyridine rings is 1. The number of aryl methyl sites for hydroxylation is 6. The van der Waals surface area contributed by atoms with Crippen molar-refractivity contribution in [3.05, 3.63) is 116 Å². The average Bonchev–Trinajstić information content (AvgIpc) is 3.75. The van der Waals surface area contributed by atoms with E-state index in [1.165, 1.54) is 0 Å². The third kappa shape index (κ3) is 6.72. The number of benzene rings is 3. The van der Waals surface area contributed by atoms with Gasteiger partial charge in [0.25, 0.3) is 5.91 Å². The van der Waals surface area contributed by atoms with Gasteiger partial charge in [0, 0.05) is 69.7 Å². The predicted octanol–water partition coefficient (Wildman–Crippen LogP) is 9.62. The number of amides is 1. The number of carboxylic acids is 1. The summed E-state index contributed by atoms with van der Waals surface area (Å²) >= 11 is 13.6. The molecule has 1 aliphatic heterocycles. The number of aliphatic hydroxyl groups excluding tert-OH is 1. The number of halogens is 2. The first kappa shape index (κ1) is 40.8. The Bertz CT molecular complexity index is 2840. The third-order valence-corrected chi connectivity index (χ3v) is 12.3. The first-order chi connectivity index (χ1) is 28.7. The summed E-state index contributed by atoms with van der Waals surface area (Å²) < 4.78 is 15.9. The number of aliphatic hydroxyl groups is 1. The van der Waals surface area contributed by atoms with Crippen molar-refractivity contribution in [3.8, 4) is 33.9 Å². The summed E-state index contributed by atoms with van der Waals surface area (Å²) in [6, 6.07) is 16.4. The van der Waals surface area contributed by atoms with E-state index >= 15 is 4.79 Å². The molecule has 0 bridgehead atoms. The molecule has 14 heteroatoms. The fourth-order valence-electron chi connectivity index (χ4n) is 8.86. The second-order valence-electron chi connectivity index (χ2n) is 15.3. The van der Waals surface area contributed by atoms with Crippen LogP contribution in [0.2, 0.25) is 10.0 Å². The Morgan fingerprint density at radius 1 is 0.950 bits per heavy atom. The van der Waals surface area contributed by atoms with Gasteiger partial charge in [0.2, 0.25) is 0 Å². The quantitative estimate of drug-likeness (QED) is 0.122. The number of aromatic carboxylic acids is 1. The van der Waals surface area contributed by atoms with Gasteiger partial charge in [-0.05, 0) is 107 Å². The molecule has 2 N–H and O–H groups in total. The van der Waals surface area contributed by atoms with Gasteiger partial charge in [-0.1, -0.05) is 35.3 Å². The number of nitrogens with zero attached hydrogens (tertiary/aromatic N) is 6. The molecule has 1 atom stereocenters. The Balaban J connectivity index is 1.34. The minimum absolute atomic E-state index is 0.0422. The van der Waals surface area contributed by atoms with Crippen molar-refractivity contribution in [1.29, 1.82) is 0 Å². The molecule has 60 heavy (non-hydrogen) atoms. The van der Waals surface area contributed by atoms with E-state index in [9.17, 15) is 15.0 Å². The molecule has 1 amide bonds. The molecule has 8 rings (SSSR count). The Kier molecular flexibility index (Phi) is 10.8. The van der Waals surface area contributed by atoms with Crippen LogP contribution in [0, 0.1) is 27.7 Å². The normalized spacial score (nSPS) is 14.0. The van der Waals surface area contributed by atoms with Crippen molar-refractivity contribution >= 4 is 62.6 Å². The van der Waals surface area contributed by atoms with Gasteiger partial charge in [-0.2, -0.15) is 0 Å². The van der Waals surface area contributed by atoms with E-state index in [4.69, 9.17) is 32.7 Å². The number of carbonyl (C=O) groups is 2. The number of fused-ring (bicyclic) bond motifs is 4. The number of rotatable bonds is 11. The number of aromatic nitrogens is 5. The van der Waals surface area contributed by atoms with Crippen molar-refractivity contribution in [2.24, 2.45) is 7.05 Å². The van der Waals surface area contributed by atoms with Crippen molar-refractivity contribution < 1.29 is 29.3 Å². The highest BCUT2D eigenvalue weighted by Gasteiger charge is 2.38. The molecule has 0 fully saturated rings. The monoisotopic (exact) mass is 846 g/mol. The lowest BCUT2D eigenvalue weighted by molar-refractivity contribution is 0.0687. The zero-order valence-electron chi connectivity index (χ0n) is 34.4. The van der Waals surface area contributed by atoms with Gasteiger partial charge in [-0.3, -0.25) is 9.78 Å². The highest BCUT2D eigenvalue weighted by atomic mass is 35.5. The van der Waals surface area contributed by atoms with E-state index in [-0.39, 0.29) is 30.8 Å². The zero-order valence-corrected chi connectivity index (χ0v) is 35.9. The second-order valence-corrected chi connectivity index (χ2v) is 16.1. The van der Waals surface area contributed by atoms with E-state index < -0.39 is 5.97 Å². The number of carbonyl (C=O) groups excluding carboxylic acids is 1. The van der Waals surface area contributed by atoms with Gasteiger partial charge in [-0.25, -0.2) is 14.8 Å². The lowest BCUT2D eigenvalue weighted by Gasteiger charge is -2.35. The summed E-state index contributed by atoms with van der Waals surface area (Å²) in [4.78, 5) is 43.7. The molecule has 0 unspecified atom stereocenters. The Morgan fingerprint density at radius 3 is 2.30 bits per heavy atom. The molecule has 7 aromatic rings. The summed E-state index contributed by atoms with van der Waals surface area (Å²) in [5.74, 6) is 0.106. The standard InChI is InChI=1S/C46H44Cl2N6O6/c1-23-17-28(18-24(2)40(23)48)60-16-10-11-29-30-13-14-33(47)39(38-26(4)50-37(22-55)51-27(38)5)42(30)54-25(3)21-53(45(56)43(29)54)35-19-31(34-12-8-9-15-49-34)44(59-7)32-20-36(46(57)58)52(6)41(32)35/h8-9,12-15,17-20,25,55H,10-11,16,21-22H2,1-7H3,(H,57,58)/t25-/m1/s1. The molecular formula is C46H44Cl2N6O6. The van der Waals surface area contributed by atoms with Crippen LogP contribution in [0.1, 0.15) is 74.3 Å². The van der Waals surface area contributed by atoms with E-state index in [1.54, 1.807) is 35.9 Å². The highest BCUT2D eigenvalue weighted by molar-refractivity contribution is 6.35. The zero-order chi connectivity index (χ0) is 42.7. The number of ether oxygens (including phenoxy) is 2. The topological polar surface area (TPSA) is 145 Å². The maximum absolute atomic E-state index is 15.6. The lowest BCUT2D eigenvalue weighted by Crippen LogP contribution is -2.43. The van der Waals surface area contributed by atoms with Gasteiger partial charge >= 0.3 is 5.97 Å². The maximum Gasteiger partial charge on any atom is 0.352 e. The smallest absolute Gasteiger partial charge is 0.352 e. The molecule has 0 saturated heterocycles. The van der Waals surface area contributed by atoms with Crippen LogP contribution < -0.4 is 14.4 Å². The Morgan fingerprint density at radius 2 is 1.67 bits per heavy atom. The second kappa shape index (κ2) is 15.9. The molecule has 4 aromatic heterocycles. The molecule has 0 spiro atoms. The number of hydrogen-bond donors (Lipinski definition) is 2. The fraction of sp³-hybridized carbons (Fsp3) is 0.283. The van der Waals surface area contributed by atoms with E-state index in [0.29, 0.717) is 91.6 Å². The van der Waals surface area contributed by atoms with Crippen molar-refractivity contribution in [2.45, 2.75) is 60.1 Å². The molecule has 308 valence electrons. The average molecular weight is 848 g/mol. The van der Waals surface area contributed by atoms with Gasteiger partial charge < -0.3 is 33.7 Å². The van der Waals surface area contributed by atoms with Crippen LogP contribution in [0.15, 0.2) is 60.8 Å². The lowest BCUT2D eigenvalue weighted by atomic mass is 9.97. The van der Waals surface area contributed by atoms with E-state index in [1.807, 2.05) is 76.2 Å². The van der Waals surface area contributed by atoms with Gasteiger partial charge in [0.15, 0.2) is 5.82 Å². The molecule has 0 radical (unpaired) electrons. The van der Waals surface area contributed by atoms with E-state index in [2.05, 4.69) is 26.4 Å². The highest BCUT2D eigenvalue weighted by Crippen LogP contribution is 2.48. The molecule has 5 heterocycles. The van der Waals surface area contributed by atoms with Gasteiger partial charge in [-0.15, -0.1) is 0 Å². The largest absolute Gasteiger partial charge is 0.495 e. The summed E-state index contributed by atoms with van der Waals surface area (Å²) in [5, 5.41) is 22.8. The molecule has 0 saturated carbocycles. The predicted molar refractivity (Wildman–Crippen MR) is 234 cm³/mol. The first-order valence-corrected chi connectivity index (χ1v) is 20.4. The van der Waals surface area contributed by atoms with Crippen LogP contribution in [0.25, 0.3) is 44.2 Å². The summed E-state index contributed by atoms with van der Waals surface area (Å²) in [7, 11) is 3.23. The SMILES string of the molecule is COc1c(-c2ccccn2)cc(N2C[C@@H](C)n3c(c(CCCOc4cc(C)c(Cl)c(C)c4)c4ccc(Cl)c(-c5c(C)nc(CO)nc5C)c43)C2=O)c2c1cc(C(=O)O)n2C. The van der Waals surface area contributed by atoms with Crippen molar-refractivity contribution in [2.75, 3.05) is 25.2 Å². The molecule has 0 aliphatic carbocycles. The summed E-state index contributed by atoms with van der Waals surface area (Å²) in [6.45, 7) is 10.0. The van der Waals surface area contributed by atoms with Crippen LogP contribution >= 0.6 is 23.2 Å². The molecule has 3 aromatic carbocycles. The number of carboxylic acid groups (broad SMARTS) is 1. The van der Waals surface area contributed by atoms with Crippen molar-refractivity contribution in [1.82, 2.24) is 24.1 Å². The Labute approximate surface area is 356 Å². The van der Waals surface area contributed by atoms with Gasteiger partial charge in [0.1, 0.15) is 29.5 Å². The number of anilines is 1. The summed E-state index contributed by atoms with van der Waals surface area (Å²) in [5.41, 5.74) is 9.02. The van der Waals surface area contributed by atoms with E-state index in [0.717, 1.165) is 38.9 Å². The number of hydrogen-bond acceptors (Lipinski definition) is 8. The minimum Gasteiger partial charge on any atom is -0.495 e. The van der Waals surface area contributed by atoms with Crippen molar-refractivity contribution in [3.63, 3.8) is 0 Å². The minimum atomic E-state index is -1.11. The number of methoxy groups -OCH3 is 1. The van der Waals surface area contributed by atoms with Crippen LogP contribution in [0.5, 0.6) is 11.5 Å². The Hall–Kier alpha value is -5.95. The molecule has 1 aliphatic rings. The fourth-order valence-corrected chi connectivity index (χ4v) is 9.22.